The molecule has 0 aromatic rings. The van der Waals surface area contributed by atoms with Crippen LogP contribution in [0.5, 0.6) is 0 Å². The number of rotatable bonds is 30. The summed E-state index contributed by atoms with van der Waals surface area (Å²) in [5.41, 5.74) is 0. The first-order valence-electron chi connectivity index (χ1n) is 11.9. The zero-order valence-electron chi connectivity index (χ0n) is 21.0. The van der Waals surface area contributed by atoms with Gasteiger partial charge in [0, 0.05) is 13.1 Å². The minimum atomic E-state index is -0.874. The van der Waals surface area contributed by atoms with Crippen molar-refractivity contribution in [2.24, 2.45) is 0 Å². The number of nitrogens with one attached hydrogen (secondary N) is 1. The molecule has 14 heteroatoms. The van der Waals surface area contributed by atoms with Crippen LogP contribution in [0.4, 0.5) is 0 Å². The van der Waals surface area contributed by atoms with E-state index in [1.807, 2.05) is 0 Å². The molecule has 0 bridgehead atoms. The van der Waals surface area contributed by atoms with Crippen LogP contribution in [0, 0.1) is 0 Å². The van der Waals surface area contributed by atoms with Gasteiger partial charge in [-0.1, -0.05) is 0 Å². The molecule has 0 atom stereocenters. The Labute approximate surface area is 219 Å². The topological polar surface area (TPSA) is 160 Å². The summed E-state index contributed by atoms with van der Waals surface area (Å²) >= 11 is 0. The molecule has 0 unspecified atom stereocenters. The van der Waals surface area contributed by atoms with Gasteiger partial charge in [-0.3, -0.25) is 9.59 Å². The summed E-state index contributed by atoms with van der Waals surface area (Å²) < 4.78 is 42.5. The van der Waals surface area contributed by atoms with Crippen LogP contribution < -0.4 is 5.32 Å². The van der Waals surface area contributed by atoms with E-state index >= 15 is 0 Å². The molecule has 0 aliphatic carbocycles. The highest BCUT2D eigenvalue weighted by Crippen LogP contribution is 1.87. The van der Waals surface area contributed by atoms with Gasteiger partial charge in [0.05, 0.1) is 119 Å². The van der Waals surface area contributed by atoms with E-state index in [9.17, 15) is 9.59 Å². The molecule has 13 nitrogen and oxygen atoms in total. The van der Waals surface area contributed by atoms with E-state index in [-0.39, 0.29) is 38.5 Å². The van der Waals surface area contributed by atoms with Crippen LogP contribution in [0.25, 0.3) is 0 Å². The molecule has 0 rings (SSSR count). The Kier molecular flexibility index (Phi) is 32.8. The number of carboxylic acids is 2. The summed E-state index contributed by atoms with van der Waals surface area (Å²) in [5, 5.41) is 20.1. The molecular formula is C22H44ClNO12. The molecule has 0 aliphatic rings. The number of ether oxygens (including phenoxy) is 8. The van der Waals surface area contributed by atoms with Crippen molar-refractivity contribution in [1.29, 1.82) is 0 Å². The third-order valence-electron chi connectivity index (χ3n) is 4.00. The first kappa shape index (κ1) is 37.0. The molecule has 0 aromatic heterocycles. The third-order valence-corrected chi connectivity index (χ3v) is 4.00. The van der Waals surface area contributed by atoms with Gasteiger partial charge in [-0.05, 0) is 0 Å². The van der Waals surface area contributed by atoms with Crippen LogP contribution in [-0.4, -0.2) is 141 Å². The molecule has 0 saturated carbocycles. The number of carboxylic acid groups (broad SMARTS) is 2. The van der Waals surface area contributed by atoms with Crippen molar-refractivity contribution in [3.8, 4) is 0 Å². The van der Waals surface area contributed by atoms with Gasteiger partial charge in [0.25, 0.3) is 0 Å². The van der Waals surface area contributed by atoms with Crippen molar-refractivity contribution < 1.29 is 57.7 Å². The fourth-order valence-corrected chi connectivity index (χ4v) is 2.26. The minimum absolute atomic E-state index is 0. The standard InChI is InChI=1S/C22H43NO12.ClH/c24-21(25)1-5-28-9-13-32-17-19-34-15-11-30-7-3-23-4-8-31-12-16-35-20-18-33-14-10-29-6-2-22(26)27;/h23H,1-20H2,(H,24,25)(H,26,27);1H. The Bertz CT molecular complexity index is 436. The van der Waals surface area contributed by atoms with E-state index < -0.39 is 11.9 Å². The molecular weight excluding hydrogens is 506 g/mol. The number of aliphatic carboxylic acids is 2. The summed E-state index contributed by atoms with van der Waals surface area (Å²) in [7, 11) is 0. The van der Waals surface area contributed by atoms with Gasteiger partial charge in [-0.2, -0.15) is 0 Å². The maximum absolute atomic E-state index is 10.3. The molecule has 36 heavy (non-hydrogen) atoms. The zero-order chi connectivity index (χ0) is 25.7. The lowest BCUT2D eigenvalue weighted by molar-refractivity contribution is -0.139. The predicted octanol–water partition coefficient (Wildman–Crippen LogP) is 0.0800. The van der Waals surface area contributed by atoms with E-state index in [4.69, 9.17) is 48.1 Å². The lowest BCUT2D eigenvalue weighted by atomic mass is 10.5. The third kappa shape index (κ3) is 35.0. The SMILES string of the molecule is Cl.O=C(O)CCOCCOCCOCCOCCNCCOCCOCCOCCOCCC(=O)O. The second kappa shape index (κ2) is 31.9. The summed E-state index contributed by atoms with van der Waals surface area (Å²) in [6, 6.07) is 0. The van der Waals surface area contributed by atoms with Crippen LogP contribution in [-0.2, 0) is 47.5 Å². The van der Waals surface area contributed by atoms with Crippen LogP contribution in [0.15, 0.2) is 0 Å². The van der Waals surface area contributed by atoms with Crippen molar-refractivity contribution in [2.45, 2.75) is 12.8 Å². The highest BCUT2D eigenvalue weighted by molar-refractivity contribution is 5.85. The van der Waals surface area contributed by atoms with E-state index in [0.29, 0.717) is 92.5 Å². The van der Waals surface area contributed by atoms with Gasteiger partial charge in [-0.15, -0.1) is 12.4 Å². The second-order valence-corrected chi connectivity index (χ2v) is 6.94. The molecule has 0 aliphatic heterocycles. The van der Waals surface area contributed by atoms with Crippen molar-refractivity contribution in [3.05, 3.63) is 0 Å². The average Bonchev–Trinajstić information content (AvgIpc) is 2.82. The van der Waals surface area contributed by atoms with E-state index in [1.165, 1.54) is 0 Å². The lowest BCUT2D eigenvalue weighted by Crippen LogP contribution is -2.25. The molecule has 0 spiro atoms. The highest BCUT2D eigenvalue weighted by atomic mass is 35.5. The maximum Gasteiger partial charge on any atom is 0.305 e. The first-order valence-corrected chi connectivity index (χ1v) is 11.9. The quantitative estimate of drug-likeness (QED) is 0.103. The predicted molar refractivity (Wildman–Crippen MR) is 131 cm³/mol. The van der Waals surface area contributed by atoms with Crippen LogP contribution in [0.2, 0.25) is 0 Å². The molecule has 0 fully saturated rings. The number of hydrogen-bond acceptors (Lipinski definition) is 11. The monoisotopic (exact) mass is 549 g/mol. The lowest BCUT2D eigenvalue weighted by Gasteiger charge is -2.09. The minimum Gasteiger partial charge on any atom is -0.481 e. The average molecular weight is 550 g/mol. The van der Waals surface area contributed by atoms with Crippen LogP contribution in [0.3, 0.4) is 0 Å². The number of halogens is 1. The van der Waals surface area contributed by atoms with Crippen LogP contribution in [0.1, 0.15) is 12.8 Å². The normalized spacial score (nSPS) is 10.9. The Morgan fingerprint density at radius 1 is 0.417 bits per heavy atom. The van der Waals surface area contributed by atoms with Gasteiger partial charge >= 0.3 is 11.9 Å². The summed E-state index contributed by atoms with van der Waals surface area (Å²) in [6.45, 7) is 8.41. The van der Waals surface area contributed by atoms with E-state index in [2.05, 4.69) is 5.32 Å². The van der Waals surface area contributed by atoms with Gasteiger partial charge in [0.1, 0.15) is 0 Å². The molecule has 0 radical (unpaired) electrons. The Morgan fingerprint density at radius 3 is 0.889 bits per heavy atom. The van der Waals surface area contributed by atoms with Crippen molar-refractivity contribution in [1.82, 2.24) is 5.32 Å². The van der Waals surface area contributed by atoms with E-state index in [0.717, 1.165) is 13.1 Å². The molecule has 0 heterocycles. The van der Waals surface area contributed by atoms with Gasteiger partial charge < -0.3 is 53.4 Å². The Hall–Kier alpha value is -1.13. The summed E-state index contributed by atoms with van der Waals surface area (Å²) in [6.07, 6.45) is -0.00219. The summed E-state index contributed by atoms with van der Waals surface area (Å²) in [5.74, 6) is -1.75. The Morgan fingerprint density at radius 2 is 0.639 bits per heavy atom. The Balaban J connectivity index is 0. The van der Waals surface area contributed by atoms with Gasteiger partial charge in [0.2, 0.25) is 0 Å². The zero-order valence-corrected chi connectivity index (χ0v) is 21.8. The maximum atomic E-state index is 10.3. The molecule has 216 valence electrons. The van der Waals surface area contributed by atoms with Crippen molar-refractivity contribution in [2.75, 3.05) is 119 Å². The first-order chi connectivity index (χ1) is 17.1. The summed E-state index contributed by atoms with van der Waals surface area (Å²) in [4.78, 5) is 20.6. The molecule has 0 saturated heterocycles. The smallest absolute Gasteiger partial charge is 0.305 e. The fourth-order valence-electron chi connectivity index (χ4n) is 2.26. The highest BCUT2D eigenvalue weighted by Gasteiger charge is 1.98. The number of hydrogen-bond donors (Lipinski definition) is 3. The van der Waals surface area contributed by atoms with Crippen molar-refractivity contribution >= 4 is 24.3 Å². The van der Waals surface area contributed by atoms with Gasteiger partial charge in [0.15, 0.2) is 0 Å². The van der Waals surface area contributed by atoms with Gasteiger partial charge in [-0.25, -0.2) is 0 Å². The molecule has 0 aromatic carbocycles. The fraction of sp³-hybridized carbons (Fsp3) is 0.909. The molecule has 0 amide bonds. The number of carbonyl (C=O) groups is 2. The van der Waals surface area contributed by atoms with E-state index in [1.54, 1.807) is 0 Å². The second-order valence-electron chi connectivity index (χ2n) is 6.94. The largest absolute Gasteiger partial charge is 0.481 e. The molecule has 3 N–H and O–H groups in total. The van der Waals surface area contributed by atoms with Crippen molar-refractivity contribution in [3.63, 3.8) is 0 Å². The van der Waals surface area contributed by atoms with Crippen LogP contribution >= 0.6 is 12.4 Å².